The number of benzene rings is 2. The Kier molecular flexibility index (Phi) is 3.83. The van der Waals surface area contributed by atoms with Crippen LogP contribution in [0.15, 0.2) is 42.5 Å². The van der Waals surface area contributed by atoms with Gasteiger partial charge in [-0.1, -0.05) is 50.2 Å². The topological polar surface area (TPSA) is 20.2 Å². The molecule has 0 bridgehead atoms. The van der Waals surface area contributed by atoms with Crippen molar-refractivity contribution < 1.29 is 5.11 Å². The summed E-state index contributed by atoms with van der Waals surface area (Å²) < 4.78 is 0. The highest BCUT2D eigenvalue weighted by Gasteiger charge is 2.08. The Morgan fingerprint density at radius 2 is 1.78 bits per heavy atom. The van der Waals surface area contributed by atoms with Gasteiger partial charge in [-0.15, -0.1) is 0 Å². The second-order valence-electron chi connectivity index (χ2n) is 5.04. The summed E-state index contributed by atoms with van der Waals surface area (Å²) in [5.74, 6) is 0.500. The Morgan fingerprint density at radius 3 is 2.44 bits per heavy atom. The van der Waals surface area contributed by atoms with Crippen LogP contribution < -0.4 is 0 Å². The van der Waals surface area contributed by atoms with Gasteiger partial charge in [0.2, 0.25) is 0 Å². The van der Waals surface area contributed by atoms with Gasteiger partial charge in [-0.25, -0.2) is 0 Å². The first-order valence-electron chi connectivity index (χ1n) is 6.43. The van der Waals surface area contributed by atoms with E-state index in [9.17, 15) is 5.11 Å². The van der Waals surface area contributed by atoms with Crippen LogP contribution >= 0.6 is 0 Å². The fraction of sp³-hybridized carbons (Fsp3) is 0.294. The fourth-order valence-corrected chi connectivity index (χ4v) is 2.27. The molecule has 0 aromatic heterocycles. The molecule has 94 valence electrons. The lowest BCUT2D eigenvalue weighted by Gasteiger charge is -2.14. The van der Waals surface area contributed by atoms with Gasteiger partial charge in [0.1, 0.15) is 0 Å². The molecule has 0 unspecified atom stereocenters. The normalized spacial score (nSPS) is 10.9. The maximum Gasteiger partial charge on any atom is 0.0684 e. The molecule has 1 heteroatoms. The summed E-state index contributed by atoms with van der Waals surface area (Å²) in [4.78, 5) is 0. The maximum absolute atomic E-state index is 9.37. The summed E-state index contributed by atoms with van der Waals surface area (Å²) >= 11 is 0. The Morgan fingerprint density at radius 1 is 1.06 bits per heavy atom. The summed E-state index contributed by atoms with van der Waals surface area (Å²) in [6.45, 7) is 6.55. The van der Waals surface area contributed by atoms with Gasteiger partial charge >= 0.3 is 0 Å². The van der Waals surface area contributed by atoms with E-state index in [0.717, 1.165) is 11.1 Å². The van der Waals surface area contributed by atoms with E-state index in [4.69, 9.17) is 0 Å². The van der Waals surface area contributed by atoms with E-state index in [1.54, 1.807) is 0 Å². The number of aliphatic hydroxyl groups excluding tert-OH is 1. The lowest BCUT2D eigenvalue weighted by Crippen LogP contribution is -1.94. The highest BCUT2D eigenvalue weighted by atomic mass is 16.3. The van der Waals surface area contributed by atoms with Crippen LogP contribution in [0.4, 0.5) is 0 Å². The molecule has 0 aliphatic rings. The second kappa shape index (κ2) is 5.36. The first-order chi connectivity index (χ1) is 8.63. The van der Waals surface area contributed by atoms with Crippen LogP contribution in [-0.2, 0) is 6.61 Å². The average molecular weight is 240 g/mol. The standard InChI is InChI=1S/C17H20O/c1-12(2)16-6-4-5-7-17(16)14-9-8-13(3)15(10-14)11-18/h4-10,12,18H,11H2,1-3H3. The average Bonchev–Trinajstić information content (AvgIpc) is 2.39. The Bertz CT molecular complexity index is 541. The zero-order chi connectivity index (χ0) is 13.1. The Labute approximate surface area is 109 Å². The van der Waals surface area contributed by atoms with Crippen molar-refractivity contribution in [3.63, 3.8) is 0 Å². The van der Waals surface area contributed by atoms with E-state index in [1.807, 2.05) is 6.92 Å². The number of hydrogen-bond acceptors (Lipinski definition) is 1. The van der Waals surface area contributed by atoms with Gasteiger partial charge < -0.3 is 5.11 Å². The molecule has 2 rings (SSSR count). The third-order valence-corrected chi connectivity index (χ3v) is 3.41. The SMILES string of the molecule is Cc1ccc(-c2ccccc2C(C)C)cc1CO. The third kappa shape index (κ3) is 2.46. The minimum Gasteiger partial charge on any atom is -0.392 e. The molecule has 1 nitrogen and oxygen atoms in total. The van der Waals surface area contributed by atoms with E-state index < -0.39 is 0 Å². The van der Waals surface area contributed by atoms with Crippen LogP contribution in [0.25, 0.3) is 11.1 Å². The quantitative estimate of drug-likeness (QED) is 0.849. The molecule has 0 fully saturated rings. The first kappa shape index (κ1) is 12.8. The van der Waals surface area contributed by atoms with Crippen molar-refractivity contribution in [2.75, 3.05) is 0 Å². The molecule has 0 aliphatic carbocycles. The summed E-state index contributed by atoms with van der Waals surface area (Å²) in [6.07, 6.45) is 0. The largest absolute Gasteiger partial charge is 0.392 e. The van der Waals surface area contributed by atoms with Crippen molar-refractivity contribution in [3.05, 3.63) is 59.2 Å². The van der Waals surface area contributed by atoms with Crippen LogP contribution in [0.1, 0.15) is 36.5 Å². The summed E-state index contributed by atoms with van der Waals surface area (Å²) in [7, 11) is 0. The molecular formula is C17H20O. The van der Waals surface area contributed by atoms with Gasteiger partial charge in [0.25, 0.3) is 0 Å². The van der Waals surface area contributed by atoms with Gasteiger partial charge in [-0.2, -0.15) is 0 Å². The molecule has 0 saturated carbocycles. The van der Waals surface area contributed by atoms with Crippen LogP contribution in [-0.4, -0.2) is 5.11 Å². The molecule has 0 spiro atoms. The molecule has 2 aromatic rings. The summed E-state index contributed by atoms with van der Waals surface area (Å²) in [5, 5.41) is 9.37. The summed E-state index contributed by atoms with van der Waals surface area (Å²) in [6, 6.07) is 14.8. The molecule has 0 atom stereocenters. The number of hydrogen-bond donors (Lipinski definition) is 1. The van der Waals surface area contributed by atoms with Gasteiger partial charge in [0.05, 0.1) is 6.61 Å². The lowest BCUT2D eigenvalue weighted by molar-refractivity contribution is 0.281. The smallest absolute Gasteiger partial charge is 0.0684 e. The molecule has 18 heavy (non-hydrogen) atoms. The minimum atomic E-state index is 0.101. The predicted molar refractivity (Wildman–Crippen MR) is 76.6 cm³/mol. The molecule has 0 aliphatic heterocycles. The van der Waals surface area contributed by atoms with E-state index in [0.29, 0.717) is 5.92 Å². The van der Waals surface area contributed by atoms with E-state index >= 15 is 0 Å². The molecule has 0 heterocycles. The monoisotopic (exact) mass is 240 g/mol. The molecule has 0 amide bonds. The van der Waals surface area contributed by atoms with Crippen molar-refractivity contribution in [2.24, 2.45) is 0 Å². The number of aliphatic hydroxyl groups is 1. The maximum atomic E-state index is 9.37. The van der Waals surface area contributed by atoms with Gasteiger partial charge in [0.15, 0.2) is 0 Å². The van der Waals surface area contributed by atoms with Crippen molar-refractivity contribution in [3.8, 4) is 11.1 Å². The zero-order valence-electron chi connectivity index (χ0n) is 11.3. The second-order valence-corrected chi connectivity index (χ2v) is 5.04. The van der Waals surface area contributed by atoms with Gasteiger partial charge in [-0.05, 0) is 46.7 Å². The Hall–Kier alpha value is -1.60. The van der Waals surface area contributed by atoms with Crippen molar-refractivity contribution >= 4 is 0 Å². The minimum absolute atomic E-state index is 0.101. The number of aryl methyl sites for hydroxylation is 1. The molecule has 0 saturated heterocycles. The fourth-order valence-electron chi connectivity index (χ4n) is 2.27. The lowest BCUT2D eigenvalue weighted by atomic mass is 9.91. The zero-order valence-corrected chi connectivity index (χ0v) is 11.3. The highest BCUT2D eigenvalue weighted by Crippen LogP contribution is 2.30. The van der Waals surface area contributed by atoms with Gasteiger partial charge in [-0.3, -0.25) is 0 Å². The molecular weight excluding hydrogens is 220 g/mol. The van der Waals surface area contributed by atoms with Crippen LogP contribution in [0, 0.1) is 6.92 Å². The van der Waals surface area contributed by atoms with Crippen LogP contribution in [0.2, 0.25) is 0 Å². The highest BCUT2D eigenvalue weighted by molar-refractivity contribution is 5.69. The molecule has 2 aromatic carbocycles. The van der Waals surface area contributed by atoms with Crippen molar-refractivity contribution in [1.29, 1.82) is 0 Å². The third-order valence-electron chi connectivity index (χ3n) is 3.41. The molecule has 1 N–H and O–H groups in total. The molecule has 0 radical (unpaired) electrons. The van der Waals surface area contributed by atoms with Crippen molar-refractivity contribution in [1.82, 2.24) is 0 Å². The number of rotatable bonds is 3. The van der Waals surface area contributed by atoms with Crippen LogP contribution in [0.5, 0.6) is 0 Å². The van der Waals surface area contributed by atoms with Crippen LogP contribution in [0.3, 0.4) is 0 Å². The first-order valence-corrected chi connectivity index (χ1v) is 6.43. The predicted octanol–water partition coefficient (Wildman–Crippen LogP) is 4.28. The van der Waals surface area contributed by atoms with Gasteiger partial charge in [0, 0.05) is 0 Å². The Balaban J connectivity index is 2.55. The van der Waals surface area contributed by atoms with E-state index in [2.05, 4.69) is 56.3 Å². The van der Waals surface area contributed by atoms with E-state index in [1.165, 1.54) is 16.7 Å². The van der Waals surface area contributed by atoms with E-state index in [-0.39, 0.29) is 6.61 Å². The van der Waals surface area contributed by atoms with Crippen molar-refractivity contribution in [2.45, 2.75) is 33.3 Å². The summed E-state index contributed by atoms with van der Waals surface area (Å²) in [5.41, 5.74) is 5.95.